The molecule has 0 radical (unpaired) electrons. The Morgan fingerprint density at radius 3 is 2.73 bits per heavy atom. The molecule has 0 bridgehead atoms. The lowest BCUT2D eigenvalue weighted by Crippen LogP contribution is -2.39. The molecule has 13 heteroatoms. The Labute approximate surface area is 220 Å². The molecule has 0 spiro atoms. The Hall–Kier alpha value is -2.93. The van der Waals surface area contributed by atoms with Crippen molar-refractivity contribution < 1.29 is 18.3 Å². The van der Waals surface area contributed by atoms with Gasteiger partial charge in [0.1, 0.15) is 5.82 Å². The molecule has 11 nitrogen and oxygen atoms in total. The van der Waals surface area contributed by atoms with Crippen LogP contribution in [0.2, 0.25) is 5.02 Å². The lowest BCUT2D eigenvalue weighted by atomic mass is 9.98. The van der Waals surface area contributed by atoms with Crippen molar-refractivity contribution in [1.29, 1.82) is 0 Å². The zero-order chi connectivity index (χ0) is 26.5. The summed E-state index contributed by atoms with van der Waals surface area (Å²) in [5.74, 6) is 0.429. The first-order valence-electron chi connectivity index (χ1n) is 12.1. The SMILES string of the molecule is Cc1cn2nc([C@@H]3CCCCN3C(=O)c3cc(Cl)ccc3NS(C)(=O)=O)cc2nc1N1C[C@H](N)[C@@H](O)C1. The summed E-state index contributed by atoms with van der Waals surface area (Å²) in [7, 11) is -3.60. The van der Waals surface area contributed by atoms with Crippen LogP contribution in [0.25, 0.3) is 5.65 Å². The van der Waals surface area contributed by atoms with Gasteiger partial charge in [-0.2, -0.15) is 5.10 Å². The van der Waals surface area contributed by atoms with E-state index in [1.54, 1.807) is 15.5 Å². The van der Waals surface area contributed by atoms with Crippen molar-refractivity contribution in [3.8, 4) is 0 Å². The average Bonchev–Trinajstić information content (AvgIpc) is 3.40. The van der Waals surface area contributed by atoms with Crippen LogP contribution in [0.1, 0.15) is 46.9 Å². The maximum atomic E-state index is 13.7. The van der Waals surface area contributed by atoms with Gasteiger partial charge in [-0.1, -0.05) is 11.6 Å². The molecule has 2 aromatic heterocycles. The van der Waals surface area contributed by atoms with E-state index in [0.717, 1.165) is 30.5 Å². The predicted molar refractivity (Wildman–Crippen MR) is 141 cm³/mol. The van der Waals surface area contributed by atoms with E-state index >= 15 is 0 Å². The molecule has 0 saturated carbocycles. The van der Waals surface area contributed by atoms with E-state index in [1.807, 2.05) is 24.1 Å². The number of nitrogens with one attached hydrogen (secondary N) is 1. The molecular formula is C24H30ClN7O4S. The molecule has 3 aromatic rings. The summed E-state index contributed by atoms with van der Waals surface area (Å²) >= 11 is 6.18. The molecule has 3 atom stereocenters. The minimum Gasteiger partial charge on any atom is -0.390 e. The number of anilines is 2. The Morgan fingerprint density at radius 2 is 2.03 bits per heavy atom. The molecule has 0 aliphatic carbocycles. The average molecular weight is 548 g/mol. The molecule has 5 rings (SSSR count). The maximum Gasteiger partial charge on any atom is 0.256 e. The standard InChI is InChI=1S/C24H30ClN7O4S/c1-14-11-32-22(27-23(14)30-12-17(26)21(33)13-30)10-19(28-32)20-5-3-4-8-31(20)24(34)16-9-15(25)6-7-18(16)29-37(2,35)36/h6-7,9-11,17,20-21,29,33H,3-5,8,12-13,26H2,1-2H3/t17-,20-,21-/m0/s1. The zero-order valence-electron chi connectivity index (χ0n) is 20.6. The Kier molecular flexibility index (Phi) is 6.77. The number of aryl methyl sites for hydroxylation is 1. The number of benzene rings is 1. The van der Waals surface area contributed by atoms with Crippen molar-refractivity contribution in [2.45, 2.75) is 44.4 Å². The third kappa shape index (κ3) is 5.24. The lowest BCUT2D eigenvalue weighted by molar-refractivity contribution is 0.0607. The second-order valence-electron chi connectivity index (χ2n) is 9.83. The molecule has 2 saturated heterocycles. The van der Waals surface area contributed by atoms with Gasteiger partial charge in [-0.05, 0) is 44.4 Å². The van der Waals surface area contributed by atoms with Crippen molar-refractivity contribution in [1.82, 2.24) is 19.5 Å². The van der Waals surface area contributed by atoms with E-state index in [4.69, 9.17) is 27.4 Å². The summed E-state index contributed by atoms with van der Waals surface area (Å²) < 4.78 is 27.9. The van der Waals surface area contributed by atoms with Crippen LogP contribution in [0.5, 0.6) is 0 Å². The third-order valence-corrected chi connectivity index (χ3v) is 7.69. The normalized spacial score (nSPS) is 22.6. The van der Waals surface area contributed by atoms with Crippen LogP contribution < -0.4 is 15.4 Å². The topological polar surface area (TPSA) is 146 Å². The van der Waals surface area contributed by atoms with Gasteiger partial charge in [0.25, 0.3) is 5.91 Å². The highest BCUT2D eigenvalue weighted by Crippen LogP contribution is 2.34. The molecule has 2 aliphatic heterocycles. The third-order valence-electron chi connectivity index (χ3n) is 6.87. The van der Waals surface area contributed by atoms with Gasteiger partial charge in [-0.25, -0.2) is 17.9 Å². The highest BCUT2D eigenvalue weighted by atomic mass is 35.5. The Bertz CT molecular complexity index is 1450. The number of aliphatic hydroxyl groups excluding tert-OH is 1. The number of hydrogen-bond acceptors (Lipinski definition) is 8. The van der Waals surface area contributed by atoms with Gasteiger partial charge in [0, 0.05) is 48.5 Å². The van der Waals surface area contributed by atoms with E-state index in [9.17, 15) is 18.3 Å². The highest BCUT2D eigenvalue weighted by molar-refractivity contribution is 7.92. The van der Waals surface area contributed by atoms with Gasteiger partial charge in [0.2, 0.25) is 10.0 Å². The quantitative estimate of drug-likeness (QED) is 0.439. The number of amides is 1. The zero-order valence-corrected chi connectivity index (χ0v) is 22.2. The summed E-state index contributed by atoms with van der Waals surface area (Å²) in [4.78, 5) is 22.2. The monoisotopic (exact) mass is 547 g/mol. The first-order chi connectivity index (χ1) is 17.5. The van der Waals surface area contributed by atoms with Crippen LogP contribution in [-0.2, 0) is 10.0 Å². The number of carbonyl (C=O) groups is 1. The summed E-state index contributed by atoms with van der Waals surface area (Å²) in [6.07, 6.45) is 4.78. The number of rotatable bonds is 5. The van der Waals surface area contributed by atoms with Crippen LogP contribution in [0, 0.1) is 6.92 Å². The number of aromatic nitrogens is 3. The molecule has 37 heavy (non-hydrogen) atoms. The maximum absolute atomic E-state index is 13.7. The number of nitrogens with two attached hydrogens (primary N) is 1. The minimum absolute atomic E-state index is 0.184. The molecule has 1 amide bonds. The number of fused-ring (bicyclic) bond motifs is 1. The molecule has 198 valence electrons. The van der Waals surface area contributed by atoms with Gasteiger partial charge in [-0.15, -0.1) is 0 Å². The van der Waals surface area contributed by atoms with E-state index in [2.05, 4.69) is 4.72 Å². The van der Waals surface area contributed by atoms with Gasteiger partial charge < -0.3 is 20.6 Å². The van der Waals surface area contributed by atoms with Crippen molar-refractivity contribution >= 4 is 44.7 Å². The van der Waals surface area contributed by atoms with Crippen LogP contribution >= 0.6 is 11.6 Å². The van der Waals surface area contributed by atoms with Crippen molar-refractivity contribution in [3.63, 3.8) is 0 Å². The van der Waals surface area contributed by atoms with E-state index < -0.39 is 16.1 Å². The number of aliphatic hydroxyl groups is 1. The van der Waals surface area contributed by atoms with Crippen molar-refractivity contribution in [2.75, 3.05) is 35.5 Å². The fourth-order valence-corrected chi connectivity index (χ4v) is 5.86. The van der Waals surface area contributed by atoms with Crippen molar-refractivity contribution in [2.24, 2.45) is 5.73 Å². The van der Waals surface area contributed by atoms with Crippen LogP contribution in [0.3, 0.4) is 0 Å². The fourth-order valence-electron chi connectivity index (χ4n) is 5.11. The van der Waals surface area contributed by atoms with Gasteiger partial charge >= 0.3 is 0 Å². The van der Waals surface area contributed by atoms with Crippen LogP contribution in [0.4, 0.5) is 11.5 Å². The number of piperidine rings is 1. The Balaban J connectivity index is 1.48. The number of likely N-dealkylation sites (tertiary alicyclic amines) is 1. The highest BCUT2D eigenvalue weighted by Gasteiger charge is 2.33. The van der Waals surface area contributed by atoms with Gasteiger partial charge in [0.05, 0.1) is 35.3 Å². The molecule has 4 heterocycles. The van der Waals surface area contributed by atoms with E-state index in [-0.39, 0.29) is 29.2 Å². The largest absolute Gasteiger partial charge is 0.390 e. The van der Waals surface area contributed by atoms with Gasteiger partial charge in [-0.3, -0.25) is 9.52 Å². The molecule has 1 aromatic carbocycles. The second kappa shape index (κ2) is 9.75. The second-order valence-corrected chi connectivity index (χ2v) is 12.0. The minimum atomic E-state index is -3.60. The van der Waals surface area contributed by atoms with Crippen LogP contribution in [-0.4, -0.2) is 77.0 Å². The van der Waals surface area contributed by atoms with Gasteiger partial charge in [0.15, 0.2) is 5.65 Å². The summed E-state index contributed by atoms with van der Waals surface area (Å²) in [5, 5.41) is 15.2. The van der Waals surface area contributed by atoms with E-state index in [1.165, 1.54) is 12.1 Å². The number of sulfonamides is 1. The van der Waals surface area contributed by atoms with E-state index in [0.29, 0.717) is 42.4 Å². The first kappa shape index (κ1) is 25.7. The number of nitrogens with zero attached hydrogens (tertiary/aromatic N) is 5. The predicted octanol–water partition coefficient (Wildman–Crippen LogP) is 1.94. The fraction of sp³-hybridized carbons (Fsp3) is 0.458. The Morgan fingerprint density at radius 1 is 1.24 bits per heavy atom. The number of β-amino-alcohol motifs (C(OH)–C–C–N with tert-alkyl or cyclic N) is 1. The summed E-state index contributed by atoms with van der Waals surface area (Å²) in [5.41, 5.74) is 8.60. The number of carbonyl (C=O) groups excluding carboxylic acids is 1. The number of halogens is 1. The molecule has 0 unspecified atom stereocenters. The van der Waals surface area contributed by atoms with Crippen molar-refractivity contribution in [3.05, 3.63) is 52.3 Å². The molecule has 2 fully saturated rings. The first-order valence-corrected chi connectivity index (χ1v) is 14.4. The number of hydrogen-bond donors (Lipinski definition) is 3. The smallest absolute Gasteiger partial charge is 0.256 e. The summed E-state index contributed by atoms with van der Waals surface area (Å²) in [6, 6.07) is 5.76. The molecular weight excluding hydrogens is 518 g/mol. The lowest BCUT2D eigenvalue weighted by Gasteiger charge is -2.35. The van der Waals surface area contributed by atoms with Crippen LogP contribution in [0.15, 0.2) is 30.5 Å². The molecule has 4 N–H and O–H groups in total. The summed E-state index contributed by atoms with van der Waals surface area (Å²) in [6.45, 7) is 3.37. The molecule has 2 aliphatic rings.